The molecule has 2 rings (SSSR count). The molecular weight excluding hydrogens is 317 g/mol. The highest BCUT2D eigenvalue weighted by Gasteiger charge is 2.24. The van der Waals surface area contributed by atoms with Crippen LogP contribution in [0.15, 0.2) is 12.3 Å². The summed E-state index contributed by atoms with van der Waals surface area (Å²) in [4.78, 5) is 4.28. The smallest absolute Gasteiger partial charge is 0.155 e. The molecule has 0 atom stereocenters. The first-order valence-corrected chi connectivity index (χ1v) is 6.53. The zero-order chi connectivity index (χ0) is 11.8. The molecule has 0 bridgehead atoms. The van der Waals surface area contributed by atoms with Crippen molar-refractivity contribution in [2.75, 3.05) is 0 Å². The van der Waals surface area contributed by atoms with Crippen molar-refractivity contribution in [1.29, 1.82) is 0 Å². The van der Waals surface area contributed by atoms with Gasteiger partial charge in [-0.3, -0.25) is 0 Å². The Labute approximate surface area is 110 Å². The molecule has 88 valence electrons. The van der Waals surface area contributed by atoms with Crippen molar-refractivity contribution in [2.45, 2.75) is 45.3 Å². The van der Waals surface area contributed by atoms with Crippen LogP contribution in [-0.2, 0) is 0 Å². The molecule has 16 heavy (non-hydrogen) atoms. The number of hydrogen-bond acceptors (Lipinski definition) is 3. The van der Waals surface area contributed by atoms with E-state index in [1.807, 2.05) is 26.8 Å². The third-order valence-corrected chi connectivity index (χ3v) is 2.84. The van der Waals surface area contributed by atoms with Crippen molar-refractivity contribution in [3.05, 3.63) is 16.0 Å². The second-order valence-corrected chi connectivity index (χ2v) is 6.01. The first kappa shape index (κ1) is 12.0. The van der Waals surface area contributed by atoms with Crippen LogP contribution in [0.2, 0.25) is 0 Å². The van der Waals surface area contributed by atoms with Gasteiger partial charge in [0.1, 0.15) is 15.1 Å². The molecule has 0 N–H and O–H groups in total. The summed E-state index contributed by atoms with van der Waals surface area (Å²) in [6, 6.07) is 1.93. The lowest BCUT2D eigenvalue weighted by Crippen LogP contribution is -2.23. The largest absolute Gasteiger partial charge is 0.489 e. The highest BCUT2D eigenvalue weighted by atomic mass is 127. The zero-order valence-electron chi connectivity index (χ0n) is 9.79. The van der Waals surface area contributed by atoms with Crippen LogP contribution in [0.5, 0.6) is 11.5 Å². The Bertz CT molecular complexity index is 383. The predicted octanol–water partition coefficient (Wildman–Crippen LogP) is 3.40. The van der Waals surface area contributed by atoms with Crippen LogP contribution in [-0.4, -0.2) is 16.7 Å². The van der Waals surface area contributed by atoms with E-state index in [-0.39, 0.29) is 5.60 Å². The maximum Gasteiger partial charge on any atom is 0.155 e. The maximum atomic E-state index is 5.83. The van der Waals surface area contributed by atoms with Gasteiger partial charge >= 0.3 is 0 Å². The standard InChI is InChI=1S/C12H16INO2/c1-12(2,3)16-10-6-9(7-14-11(10)13)15-8-4-5-8/h6-8H,4-5H2,1-3H3. The molecule has 0 spiro atoms. The third kappa shape index (κ3) is 3.50. The average Bonchev–Trinajstić information content (AvgIpc) is 2.92. The van der Waals surface area contributed by atoms with Crippen molar-refractivity contribution in [1.82, 2.24) is 4.98 Å². The third-order valence-electron chi connectivity index (χ3n) is 2.03. The van der Waals surface area contributed by atoms with Gasteiger partial charge in [0.15, 0.2) is 5.75 Å². The summed E-state index contributed by atoms with van der Waals surface area (Å²) in [6.45, 7) is 6.08. The number of pyridine rings is 1. The first-order chi connectivity index (χ1) is 7.44. The van der Waals surface area contributed by atoms with Gasteiger partial charge in [-0.2, -0.15) is 0 Å². The van der Waals surface area contributed by atoms with Gasteiger partial charge in [0, 0.05) is 6.07 Å². The van der Waals surface area contributed by atoms with Crippen LogP contribution < -0.4 is 9.47 Å². The fraction of sp³-hybridized carbons (Fsp3) is 0.583. The molecule has 0 aromatic carbocycles. The molecule has 4 heteroatoms. The van der Waals surface area contributed by atoms with E-state index in [4.69, 9.17) is 9.47 Å². The highest BCUT2D eigenvalue weighted by molar-refractivity contribution is 14.1. The van der Waals surface area contributed by atoms with Crippen LogP contribution in [0.3, 0.4) is 0 Å². The lowest BCUT2D eigenvalue weighted by atomic mass is 10.2. The Morgan fingerprint density at radius 3 is 2.62 bits per heavy atom. The molecule has 1 aliphatic rings. The summed E-state index contributed by atoms with van der Waals surface area (Å²) < 4.78 is 12.4. The molecule has 1 saturated carbocycles. The molecule has 0 radical (unpaired) electrons. The fourth-order valence-electron chi connectivity index (χ4n) is 1.25. The normalized spacial score (nSPS) is 16.0. The van der Waals surface area contributed by atoms with Gasteiger partial charge < -0.3 is 9.47 Å². The Hall–Kier alpha value is -0.520. The Morgan fingerprint density at radius 2 is 2.06 bits per heavy atom. The van der Waals surface area contributed by atoms with E-state index in [2.05, 4.69) is 27.6 Å². The Kier molecular flexibility index (Phi) is 3.28. The summed E-state index contributed by atoms with van der Waals surface area (Å²) >= 11 is 2.17. The quantitative estimate of drug-likeness (QED) is 0.628. The van der Waals surface area contributed by atoms with Crippen LogP contribution in [0.1, 0.15) is 33.6 Å². The van der Waals surface area contributed by atoms with E-state index in [9.17, 15) is 0 Å². The van der Waals surface area contributed by atoms with E-state index in [0.717, 1.165) is 28.0 Å². The lowest BCUT2D eigenvalue weighted by Gasteiger charge is -2.22. The average molecular weight is 333 g/mol. The molecule has 1 heterocycles. The molecule has 1 aromatic rings. The SMILES string of the molecule is CC(C)(C)Oc1cc(OC2CC2)cnc1I. The van der Waals surface area contributed by atoms with Gasteiger partial charge in [-0.25, -0.2) is 4.98 Å². The van der Waals surface area contributed by atoms with E-state index < -0.39 is 0 Å². The van der Waals surface area contributed by atoms with Crippen LogP contribution in [0.4, 0.5) is 0 Å². The van der Waals surface area contributed by atoms with Crippen molar-refractivity contribution in [3.8, 4) is 11.5 Å². The maximum absolute atomic E-state index is 5.83. The summed E-state index contributed by atoms with van der Waals surface area (Å²) in [6.07, 6.45) is 4.46. The monoisotopic (exact) mass is 333 g/mol. The molecule has 0 amide bonds. The molecule has 0 aliphatic heterocycles. The lowest BCUT2D eigenvalue weighted by molar-refractivity contribution is 0.128. The van der Waals surface area contributed by atoms with Crippen LogP contribution in [0, 0.1) is 3.70 Å². The minimum Gasteiger partial charge on any atom is -0.489 e. The van der Waals surface area contributed by atoms with Crippen molar-refractivity contribution in [2.24, 2.45) is 0 Å². The predicted molar refractivity (Wildman–Crippen MR) is 71.0 cm³/mol. The van der Waals surface area contributed by atoms with Gasteiger partial charge in [0.05, 0.1) is 12.3 Å². The fourth-order valence-corrected chi connectivity index (χ4v) is 1.66. The van der Waals surface area contributed by atoms with Gasteiger partial charge in [-0.05, 0) is 56.2 Å². The molecule has 1 aliphatic carbocycles. The van der Waals surface area contributed by atoms with Crippen molar-refractivity contribution < 1.29 is 9.47 Å². The second-order valence-electron chi connectivity index (χ2n) is 4.99. The molecule has 1 fully saturated rings. The minimum absolute atomic E-state index is 0.209. The topological polar surface area (TPSA) is 31.4 Å². The van der Waals surface area contributed by atoms with Crippen molar-refractivity contribution in [3.63, 3.8) is 0 Å². The van der Waals surface area contributed by atoms with E-state index in [0.29, 0.717) is 6.10 Å². The highest BCUT2D eigenvalue weighted by Crippen LogP contribution is 2.31. The summed E-state index contributed by atoms with van der Waals surface area (Å²) in [5.41, 5.74) is -0.209. The summed E-state index contributed by atoms with van der Waals surface area (Å²) in [5, 5.41) is 0. The number of nitrogens with zero attached hydrogens (tertiary/aromatic N) is 1. The van der Waals surface area contributed by atoms with Gasteiger partial charge in [0.25, 0.3) is 0 Å². The Balaban J connectivity index is 2.14. The van der Waals surface area contributed by atoms with Gasteiger partial charge in [-0.1, -0.05) is 0 Å². The second kappa shape index (κ2) is 4.39. The zero-order valence-corrected chi connectivity index (χ0v) is 11.9. The number of ether oxygens (including phenoxy) is 2. The first-order valence-electron chi connectivity index (χ1n) is 5.45. The minimum atomic E-state index is -0.209. The van der Waals surface area contributed by atoms with E-state index in [1.165, 1.54) is 0 Å². The number of halogens is 1. The summed E-state index contributed by atoms with van der Waals surface area (Å²) in [7, 11) is 0. The number of hydrogen-bond donors (Lipinski definition) is 0. The van der Waals surface area contributed by atoms with Crippen LogP contribution >= 0.6 is 22.6 Å². The molecule has 0 unspecified atom stereocenters. The molecule has 0 saturated heterocycles. The van der Waals surface area contributed by atoms with Crippen molar-refractivity contribution >= 4 is 22.6 Å². The van der Waals surface area contributed by atoms with Gasteiger partial charge in [-0.15, -0.1) is 0 Å². The van der Waals surface area contributed by atoms with E-state index in [1.54, 1.807) is 6.20 Å². The molecule has 3 nitrogen and oxygen atoms in total. The summed E-state index contributed by atoms with van der Waals surface area (Å²) in [5.74, 6) is 1.61. The molecular formula is C12H16INO2. The Morgan fingerprint density at radius 1 is 1.38 bits per heavy atom. The number of rotatable bonds is 3. The van der Waals surface area contributed by atoms with E-state index >= 15 is 0 Å². The van der Waals surface area contributed by atoms with Crippen LogP contribution in [0.25, 0.3) is 0 Å². The molecule has 1 aromatic heterocycles. The van der Waals surface area contributed by atoms with Gasteiger partial charge in [0.2, 0.25) is 0 Å². The number of aromatic nitrogens is 1.